The van der Waals surface area contributed by atoms with Crippen LogP contribution in [0.4, 0.5) is 4.39 Å². The lowest BCUT2D eigenvalue weighted by Gasteiger charge is -2.32. The molecule has 0 bridgehead atoms. The molecule has 1 aliphatic rings. The van der Waals surface area contributed by atoms with E-state index in [1.54, 1.807) is 11.0 Å². The Bertz CT molecular complexity index is 637. The first-order valence-electron chi connectivity index (χ1n) is 7.54. The van der Waals surface area contributed by atoms with Crippen LogP contribution in [0.25, 0.3) is 0 Å². The Labute approximate surface area is 131 Å². The van der Waals surface area contributed by atoms with Gasteiger partial charge in [-0.3, -0.25) is 4.79 Å². The first kappa shape index (κ1) is 16.9. The van der Waals surface area contributed by atoms with Crippen LogP contribution in [0.15, 0.2) is 24.3 Å². The zero-order valence-corrected chi connectivity index (χ0v) is 13.8. The topological polar surface area (TPSA) is 54.5 Å². The van der Waals surface area contributed by atoms with Crippen LogP contribution >= 0.6 is 0 Å². The molecule has 1 aliphatic heterocycles. The number of carbonyl (C=O) groups excluding carboxylic acids is 1. The molecule has 4 nitrogen and oxygen atoms in total. The van der Waals surface area contributed by atoms with Crippen molar-refractivity contribution in [1.82, 2.24) is 4.90 Å². The zero-order chi connectivity index (χ0) is 16.3. The molecule has 122 valence electrons. The molecule has 0 spiro atoms. The number of hydrogen-bond donors (Lipinski definition) is 0. The van der Waals surface area contributed by atoms with Gasteiger partial charge in [0.25, 0.3) is 0 Å². The van der Waals surface area contributed by atoms with Gasteiger partial charge in [-0.2, -0.15) is 0 Å². The van der Waals surface area contributed by atoms with Crippen LogP contribution in [0.2, 0.25) is 0 Å². The zero-order valence-electron chi connectivity index (χ0n) is 13.0. The van der Waals surface area contributed by atoms with Crippen LogP contribution in [-0.2, 0) is 20.4 Å². The molecule has 1 aromatic carbocycles. The molecule has 22 heavy (non-hydrogen) atoms. The molecule has 1 fully saturated rings. The van der Waals surface area contributed by atoms with Crippen molar-refractivity contribution in [2.45, 2.75) is 37.7 Å². The standard InChI is InChI=1S/C16H22FNO3S/c1-12-6-8-18(9-7-12)16(19)13(2)22(20,21)11-14-4-3-5-15(17)10-14/h3-5,10,12-13H,6-9,11H2,1-2H3/t13-/m0/s1. The van der Waals surface area contributed by atoms with E-state index in [0.29, 0.717) is 24.6 Å². The number of carbonyl (C=O) groups is 1. The van der Waals surface area contributed by atoms with Crippen LogP contribution in [0.3, 0.4) is 0 Å². The highest BCUT2D eigenvalue weighted by Gasteiger charge is 2.33. The molecule has 0 aliphatic carbocycles. The van der Waals surface area contributed by atoms with E-state index in [1.165, 1.54) is 25.1 Å². The van der Waals surface area contributed by atoms with E-state index >= 15 is 0 Å². The Hall–Kier alpha value is -1.43. The second kappa shape index (κ2) is 6.77. The van der Waals surface area contributed by atoms with Crippen molar-refractivity contribution in [3.8, 4) is 0 Å². The van der Waals surface area contributed by atoms with Crippen molar-refractivity contribution in [2.75, 3.05) is 13.1 Å². The smallest absolute Gasteiger partial charge is 0.240 e. The highest BCUT2D eigenvalue weighted by atomic mass is 32.2. The van der Waals surface area contributed by atoms with E-state index in [1.807, 2.05) is 0 Å². The fourth-order valence-corrected chi connectivity index (χ4v) is 3.97. The number of halogens is 1. The summed E-state index contributed by atoms with van der Waals surface area (Å²) in [6, 6.07) is 5.48. The minimum Gasteiger partial charge on any atom is -0.342 e. The molecule has 1 aromatic rings. The fraction of sp³-hybridized carbons (Fsp3) is 0.562. The van der Waals surface area contributed by atoms with Crippen molar-refractivity contribution >= 4 is 15.7 Å². The molecule has 0 radical (unpaired) electrons. The van der Waals surface area contributed by atoms with Gasteiger partial charge in [0.1, 0.15) is 11.1 Å². The molecular weight excluding hydrogens is 305 g/mol. The van der Waals surface area contributed by atoms with Gasteiger partial charge >= 0.3 is 0 Å². The summed E-state index contributed by atoms with van der Waals surface area (Å²) in [6.07, 6.45) is 1.81. The van der Waals surface area contributed by atoms with E-state index < -0.39 is 20.9 Å². The van der Waals surface area contributed by atoms with E-state index in [-0.39, 0.29) is 11.7 Å². The van der Waals surface area contributed by atoms with Crippen LogP contribution < -0.4 is 0 Å². The highest BCUT2D eigenvalue weighted by molar-refractivity contribution is 7.92. The number of likely N-dealkylation sites (tertiary alicyclic amines) is 1. The van der Waals surface area contributed by atoms with Crippen molar-refractivity contribution in [2.24, 2.45) is 5.92 Å². The third-order valence-electron chi connectivity index (χ3n) is 4.24. The quantitative estimate of drug-likeness (QED) is 0.853. The van der Waals surface area contributed by atoms with Gasteiger partial charge in [0.15, 0.2) is 9.84 Å². The van der Waals surface area contributed by atoms with Gasteiger partial charge < -0.3 is 4.90 Å². The SMILES string of the molecule is CC1CCN(C(=O)[C@H](C)S(=O)(=O)Cc2cccc(F)c2)CC1. The molecular formula is C16H22FNO3S. The Kier molecular flexibility index (Phi) is 5.21. The molecule has 1 atom stereocenters. The highest BCUT2D eigenvalue weighted by Crippen LogP contribution is 2.20. The largest absolute Gasteiger partial charge is 0.342 e. The van der Waals surface area contributed by atoms with Gasteiger partial charge in [0.2, 0.25) is 5.91 Å². The summed E-state index contributed by atoms with van der Waals surface area (Å²) in [5.74, 6) is -0.565. The summed E-state index contributed by atoms with van der Waals surface area (Å²) in [5.41, 5.74) is 0.368. The van der Waals surface area contributed by atoms with E-state index in [4.69, 9.17) is 0 Å². The maximum Gasteiger partial charge on any atom is 0.240 e. The van der Waals surface area contributed by atoms with Gasteiger partial charge in [-0.1, -0.05) is 19.1 Å². The molecule has 0 unspecified atom stereocenters. The number of amides is 1. The van der Waals surface area contributed by atoms with Crippen molar-refractivity contribution in [3.63, 3.8) is 0 Å². The van der Waals surface area contributed by atoms with Crippen LogP contribution in [0.5, 0.6) is 0 Å². The van der Waals surface area contributed by atoms with Crippen LogP contribution in [0.1, 0.15) is 32.3 Å². The molecule has 6 heteroatoms. The maximum atomic E-state index is 13.2. The van der Waals surface area contributed by atoms with Crippen molar-refractivity contribution < 1.29 is 17.6 Å². The van der Waals surface area contributed by atoms with Crippen molar-refractivity contribution in [1.29, 1.82) is 0 Å². The number of piperidine rings is 1. The van der Waals surface area contributed by atoms with Crippen LogP contribution in [-0.4, -0.2) is 37.6 Å². The summed E-state index contributed by atoms with van der Waals surface area (Å²) in [5, 5.41) is -1.09. The Morgan fingerprint density at radius 1 is 1.36 bits per heavy atom. The lowest BCUT2D eigenvalue weighted by atomic mass is 9.99. The monoisotopic (exact) mass is 327 g/mol. The third kappa shape index (κ3) is 4.06. The van der Waals surface area contributed by atoms with E-state index in [2.05, 4.69) is 6.92 Å². The van der Waals surface area contributed by atoms with Crippen LogP contribution in [0, 0.1) is 11.7 Å². The van der Waals surface area contributed by atoms with Gasteiger partial charge in [-0.15, -0.1) is 0 Å². The lowest BCUT2D eigenvalue weighted by Crippen LogP contribution is -2.45. The molecule has 0 aromatic heterocycles. The second-order valence-electron chi connectivity index (χ2n) is 6.09. The molecule has 1 saturated heterocycles. The number of nitrogens with zero attached hydrogens (tertiary/aromatic N) is 1. The summed E-state index contributed by atoms with van der Waals surface area (Å²) < 4.78 is 37.9. The second-order valence-corrected chi connectivity index (χ2v) is 8.41. The van der Waals surface area contributed by atoms with Gasteiger partial charge in [0, 0.05) is 13.1 Å². The minimum absolute atomic E-state index is 0.318. The fourth-order valence-electron chi connectivity index (χ4n) is 2.62. The summed E-state index contributed by atoms with van der Waals surface area (Å²) in [4.78, 5) is 14.0. The predicted molar refractivity (Wildman–Crippen MR) is 83.5 cm³/mol. The Balaban J connectivity index is 2.06. The summed E-state index contributed by atoms with van der Waals surface area (Å²) in [7, 11) is -3.65. The average Bonchev–Trinajstić information content (AvgIpc) is 2.46. The minimum atomic E-state index is -3.65. The molecule has 0 N–H and O–H groups in total. The normalized spacial score (nSPS) is 18.2. The summed E-state index contributed by atoms with van der Waals surface area (Å²) in [6.45, 7) is 4.78. The van der Waals surface area contributed by atoms with Crippen molar-refractivity contribution in [3.05, 3.63) is 35.6 Å². The third-order valence-corrected chi connectivity index (χ3v) is 6.25. The number of benzene rings is 1. The molecule has 0 saturated carbocycles. The van der Waals surface area contributed by atoms with Gasteiger partial charge in [0.05, 0.1) is 5.75 Å². The van der Waals surface area contributed by atoms with Gasteiger partial charge in [-0.25, -0.2) is 12.8 Å². The van der Waals surface area contributed by atoms with Gasteiger partial charge in [-0.05, 0) is 43.4 Å². The molecule has 1 heterocycles. The average molecular weight is 327 g/mol. The van der Waals surface area contributed by atoms with E-state index in [0.717, 1.165) is 12.8 Å². The Morgan fingerprint density at radius 2 is 2.00 bits per heavy atom. The summed E-state index contributed by atoms with van der Waals surface area (Å²) >= 11 is 0. The number of rotatable bonds is 4. The Morgan fingerprint density at radius 3 is 2.59 bits per heavy atom. The lowest BCUT2D eigenvalue weighted by molar-refractivity contribution is -0.131. The predicted octanol–water partition coefficient (Wildman–Crippen LogP) is 2.39. The number of sulfone groups is 1. The first-order valence-corrected chi connectivity index (χ1v) is 9.26. The molecule has 1 amide bonds. The maximum absolute atomic E-state index is 13.2. The van der Waals surface area contributed by atoms with E-state index in [9.17, 15) is 17.6 Å². The first-order chi connectivity index (χ1) is 10.3. The number of hydrogen-bond acceptors (Lipinski definition) is 3. The molecule has 2 rings (SSSR count).